The molecule has 1 amide bonds. The molecule has 220 valence electrons. The summed E-state index contributed by atoms with van der Waals surface area (Å²) in [5, 5.41) is 0.453. The molecule has 0 unspecified atom stereocenters. The number of rotatable bonds is 8. The topological polar surface area (TPSA) is 97.0 Å². The third-order valence-corrected chi connectivity index (χ3v) is 9.26. The lowest BCUT2D eigenvalue weighted by Gasteiger charge is -2.47. The highest BCUT2D eigenvalue weighted by atomic mass is 32.2. The highest BCUT2D eigenvalue weighted by Gasteiger charge is 2.38. The molecule has 9 nitrogen and oxygen atoms in total. The Morgan fingerprint density at radius 1 is 1.18 bits per heavy atom. The number of piperidine rings is 1. The fraction of sp³-hybridized carbons (Fsp3) is 0.690. The van der Waals surface area contributed by atoms with E-state index in [0.717, 1.165) is 71.5 Å². The summed E-state index contributed by atoms with van der Waals surface area (Å²) in [6.45, 7) is 11.1. The van der Waals surface area contributed by atoms with Gasteiger partial charge in [0, 0.05) is 49.7 Å². The van der Waals surface area contributed by atoms with Crippen LogP contribution in [0.1, 0.15) is 58.7 Å². The number of nitrogens with zero attached hydrogens (tertiary/aromatic N) is 3. The molecule has 1 aromatic carbocycles. The summed E-state index contributed by atoms with van der Waals surface area (Å²) in [7, 11) is 0. The molecule has 40 heavy (non-hydrogen) atoms. The standard InChI is InChI=1S/C29H41FN4O5S/c1-29(2,3)39-28(36)34-16-20(17-34)33-9-4-19(5-10-33)6-13-38-21-14-23(30)26-24(15-21)31-25(32-27(26)35)18-40-22-7-11-37-12-8-22/h14-15,19-20,22H,4-13,16-18H2,1-3H3,(H,31,32,35). The number of amides is 1. The average molecular weight is 577 g/mol. The maximum absolute atomic E-state index is 14.8. The van der Waals surface area contributed by atoms with Gasteiger partial charge >= 0.3 is 6.09 Å². The molecule has 5 rings (SSSR count). The van der Waals surface area contributed by atoms with E-state index in [-0.39, 0.29) is 11.5 Å². The van der Waals surface area contributed by atoms with Crippen LogP contribution in [0.3, 0.4) is 0 Å². The summed E-state index contributed by atoms with van der Waals surface area (Å²) < 4.78 is 31.6. The van der Waals surface area contributed by atoms with E-state index in [1.54, 1.807) is 22.7 Å². The van der Waals surface area contributed by atoms with Crippen LogP contribution in [0.15, 0.2) is 16.9 Å². The number of thioether (sulfide) groups is 1. The Morgan fingerprint density at radius 3 is 2.60 bits per heavy atom. The lowest BCUT2D eigenvalue weighted by Crippen LogP contribution is -2.62. The third-order valence-electron chi connectivity index (χ3n) is 7.88. The molecule has 3 fully saturated rings. The summed E-state index contributed by atoms with van der Waals surface area (Å²) in [4.78, 5) is 36.3. The molecule has 3 aliphatic rings. The third kappa shape index (κ3) is 7.47. The van der Waals surface area contributed by atoms with Crippen molar-refractivity contribution in [3.63, 3.8) is 0 Å². The number of carbonyl (C=O) groups excluding carboxylic acids is 1. The number of fused-ring (bicyclic) bond motifs is 1. The number of benzene rings is 1. The van der Waals surface area contributed by atoms with Gasteiger partial charge in [0.2, 0.25) is 0 Å². The highest BCUT2D eigenvalue weighted by Crippen LogP contribution is 2.28. The van der Waals surface area contributed by atoms with E-state index in [9.17, 15) is 14.0 Å². The van der Waals surface area contributed by atoms with Crippen LogP contribution in [0, 0.1) is 11.7 Å². The normalized spacial score (nSPS) is 20.1. The Morgan fingerprint density at radius 2 is 1.90 bits per heavy atom. The van der Waals surface area contributed by atoms with Gasteiger partial charge in [0.1, 0.15) is 28.4 Å². The van der Waals surface area contributed by atoms with Gasteiger partial charge in [-0.2, -0.15) is 11.8 Å². The molecule has 0 atom stereocenters. The first-order chi connectivity index (χ1) is 19.1. The summed E-state index contributed by atoms with van der Waals surface area (Å²) in [5.41, 5.74) is -0.596. The van der Waals surface area contributed by atoms with E-state index < -0.39 is 17.0 Å². The number of hydrogen-bond acceptors (Lipinski definition) is 8. The Labute approximate surface area is 239 Å². The lowest BCUT2D eigenvalue weighted by molar-refractivity contribution is -0.0221. The number of likely N-dealkylation sites (tertiary alicyclic amines) is 2. The van der Waals surface area contributed by atoms with E-state index in [4.69, 9.17) is 14.2 Å². The number of carbonyl (C=O) groups is 1. The van der Waals surface area contributed by atoms with Crippen molar-refractivity contribution in [2.45, 2.75) is 75.5 Å². The zero-order valence-electron chi connectivity index (χ0n) is 23.7. The van der Waals surface area contributed by atoms with Crippen LogP contribution in [0.5, 0.6) is 5.75 Å². The number of aromatic nitrogens is 2. The van der Waals surface area contributed by atoms with Crippen LogP contribution in [-0.4, -0.2) is 88.8 Å². The van der Waals surface area contributed by atoms with E-state index in [1.807, 2.05) is 20.8 Å². The molecule has 4 heterocycles. The molecule has 0 bridgehead atoms. The minimum Gasteiger partial charge on any atom is -0.493 e. The largest absolute Gasteiger partial charge is 0.493 e. The predicted octanol–water partition coefficient (Wildman–Crippen LogP) is 4.57. The monoisotopic (exact) mass is 576 g/mol. The van der Waals surface area contributed by atoms with Crippen molar-refractivity contribution >= 4 is 28.8 Å². The molecule has 0 radical (unpaired) electrons. The molecule has 1 aromatic heterocycles. The summed E-state index contributed by atoms with van der Waals surface area (Å²) >= 11 is 1.75. The van der Waals surface area contributed by atoms with Gasteiger partial charge < -0.3 is 24.1 Å². The Balaban J connectivity index is 1.07. The number of aromatic amines is 1. The molecule has 0 saturated carbocycles. The van der Waals surface area contributed by atoms with Crippen LogP contribution in [0.4, 0.5) is 9.18 Å². The summed E-state index contributed by atoms with van der Waals surface area (Å²) in [6.07, 6.45) is 4.78. The van der Waals surface area contributed by atoms with Gasteiger partial charge in [-0.3, -0.25) is 9.69 Å². The van der Waals surface area contributed by atoms with Gasteiger partial charge in [0.15, 0.2) is 0 Å². The first-order valence-corrected chi connectivity index (χ1v) is 15.5. The first kappa shape index (κ1) is 29.1. The SMILES string of the molecule is CC(C)(C)OC(=O)N1CC(N2CCC(CCOc3cc(F)c4c(=O)[nH]c(CSC5CCOCC5)nc4c3)CC2)C1. The van der Waals surface area contributed by atoms with E-state index in [0.29, 0.717) is 46.7 Å². The maximum Gasteiger partial charge on any atom is 0.410 e. The van der Waals surface area contributed by atoms with Gasteiger partial charge in [0.25, 0.3) is 5.56 Å². The van der Waals surface area contributed by atoms with Crippen LogP contribution in [0.25, 0.3) is 10.9 Å². The van der Waals surface area contributed by atoms with Crippen molar-refractivity contribution in [1.82, 2.24) is 19.8 Å². The fourth-order valence-corrected chi connectivity index (χ4v) is 6.61. The minimum atomic E-state index is -0.612. The van der Waals surface area contributed by atoms with Crippen molar-refractivity contribution in [3.8, 4) is 5.75 Å². The summed E-state index contributed by atoms with van der Waals surface area (Å²) in [5.74, 6) is 1.46. The smallest absolute Gasteiger partial charge is 0.410 e. The second-order valence-electron chi connectivity index (χ2n) is 12.1. The fourth-order valence-electron chi connectivity index (χ4n) is 5.55. The van der Waals surface area contributed by atoms with Crippen molar-refractivity contribution in [2.75, 3.05) is 46.0 Å². The van der Waals surface area contributed by atoms with Crippen LogP contribution in [0.2, 0.25) is 0 Å². The van der Waals surface area contributed by atoms with Gasteiger partial charge in [0.05, 0.1) is 17.9 Å². The molecule has 3 saturated heterocycles. The van der Waals surface area contributed by atoms with Gasteiger partial charge in [-0.25, -0.2) is 14.2 Å². The van der Waals surface area contributed by atoms with Crippen LogP contribution in [-0.2, 0) is 15.2 Å². The van der Waals surface area contributed by atoms with Crippen LogP contribution < -0.4 is 10.3 Å². The number of H-pyrrole nitrogens is 1. The highest BCUT2D eigenvalue weighted by molar-refractivity contribution is 7.99. The zero-order chi connectivity index (χ0) is 28.3. The number of nitrogens with one attached hydrogen (secondary N) is 1. The van der Waals surface area contributed by atoms with Crippen molar-refractivity contribution < 1.29 is 23.4 Å². The first-order valence-electron chi connectivity index (χ1n) is 14.4. The second kappa shape index (κ2) is 12.7. The van der Waals surface area contributed by atoms with Gasteiger partial charge in [-0.1, -0.05) is 0 Å². The van der Waals surface area contributed by atoms with E-state index in [2.05, 4.69) is 14.9 Å². The summed E-state index contributed by atoms with van der Waals surface area (Å²) in [6, 6.07) is 3.36. The molecule has 11 heteroatoms. The van der Waals surface area contributed by atoms with E-state index in [1.165, 1.54) is 6.07 Å². The van der Waals surface area contributed by atoms with Gasteiger partial charge in [-0.15, -0.1) is 0 Å². The molecule has 3 aliphatic heterocycles. The molecular formula is C29H41FN4O5S. The quantitative estimate of drug-likeness (QED) is 0.488. The molecule has 0 aliphatic carbocycles. The van der Waals surface area contributed by atoms with Crippen molar-refractivity contribution in [1.29, 1.82) is 0 Å². The molecule has 2 aromatic rings. The lowest BCUT2D eigenvalue weighted by atomic mass is 9.92. The number of hydrogen-bond donors (Lipinski definition) is 1. The molecule has 1 N–H and O–H groups in total. The number of halogens is 1. The minimum absolute atomic E-state index is 0.0271. The maximum atomic E-state index is 14.8. The average Bonchev–Trinajstić information content (AvgIpc) is 2.87. The predicted molar refractivity (Wildman–Crippen MR) is 153 cm³/mol. The van der Waals surface area contributed by atoms with Gasteiger partial charge in [-0.05, 0) is 71.9 Å². The molecular weight excluding hydrogens is 535 g/mol. The van der Waals surface area contributed by atoms with E-state index >= 15 is 0 Å². The Kier molecular flexibility index (Phi) is 9.21. The van der Waals surface area contributed by atoms with Crippen molar-refractivity contribution in [3.05, 3.63) is 34.1 Å². The molecule has 0 spiro atoms. The van der Waals surface area contributed by atoms with Crippen molar-refractivity contribution in [2.24, 2.45) is 5.92 Å². The van der Waals surface area contributed by atoms with Crippen LogP contribution >= 0.6 is 11.8 Å². The Bertz CT molecular complexity index is 1230. The Hall–Kier alpha value is -2.37. The zero-order valence-corrected chi connectivity index (χ0v) is 24.6. The second-order valence-corrected chi connectivity index (χ2v) is 13.4. The number of ether oxygens (including phenoxy) is 3.